The predicted octanol–water partition coefficient (Wildman–Crippen LogP) is 3.86. The molecular weight excluding hydrogens is 381 g/mol. The number of nitrogens with zero attached hydrogens (tertiary/aromatic N) is 2. The van der Waals surface area contributed by atoms with Crippen LogP contribution in [0.15, 0.2) is 52.5 Å². The van der Waals surface area contributed by atoms with Crippen LogP contribution in [0, 0.1) is 0 Å². The van der Waals surface area contributed by atoms with Gasteiger partial charge >= 0.3 is 18.7 Å². The molecule has 2 aromatic rings. The van der Waals surface area contributed by atoms with Gasteiger partial charge < -0.3 is 5.02 Å². The summed E-state index contributed by atoms with van der Waals surface area (Å²) < 4.78 is 76.2. The molecule has 0 saturated heterocycles. The van der Waals surface area contributed by atoms with E-state index >= 15 is 0 Å². The Balaban J connectivity index is 1.94. The lowest BCUT2D eigenvalue weighted by atomic mass is 9.69. The van der Waals surface area contributed by atoms with Crippen LogP contribution in [0.1, 0.15) is 11.1 Å². The van der Waals surface area contributed by atoms with Gasteiger partial charge in [0.1, 0.15) is 0 Å². The molecule has 1 heterocycles. The molecule has 1 aliphatic heterocycles. The molecule has 11 heteroatoms. The molecule has 0 fully saturated rings. The first kappa shape index (κ1) is 18.6. The number of hydrogen-bond donors (Lipinski definition) is 1. The van der Waals surface area contributed by atoms with Gasteiger partial charge in [-0.1, -0.05) is 18.2 Å². The average molecular weight is 390 g/mol. The standard InChI is InChI=1S/C15H9BF6N2OS/c17-14(18,19)10-5-4-9-8-23-24(16(25)13(9)6-10)11-2-1-3-12(7-11)26-15(20,21)22/h1-8,25H. The summed E-state index contributed by atoms with van der Waals surface area (Å²) in [5.41, 5.74) is -5.05. The number of alkyl halides is 6. The van der Waals surface area contributed by atoms with E-state index in [-0.39, 0.29) is 27.8 Å². The average Bonchev–Trinajstić information content (AvgIpc) is 2.53. The van der Waals surface area contributed by atoms with Gasteiger partial charge in [0.15, 0.2) is 0 Å². The minimum absolute atomic E-state index is 0.0382. The van der Waals surface area contributed by atoms with Crippen molar-refractivity contribution in [3.63, 3.8) is 0 Å². The number of rotatable bonds is 2. The van der Waals surface area contributed by atoms with Crippen molar-refractivity contribution in [2.24, 2.45) is 5.10 Å². The lowest BCUT2D eigenvalue weighted by molar-refractivity contribution is -0.137. The third-order valence-electron chi connectivity index (χ3n) is 3.56. The molecule has 3 rings (SSSR count). The molecule has 1 N–H and O–H groups in total. The fourth-order valence-electron chi connectivity index (χ4n) is 2.44. The molecule has 0 unspecified atom stereocenters. The van der Waals surface area contributed by atoms with Crippen LogP contribution in [0.2, 0.25) is 0 Å². The number of thioether (sulfide) groups is 1. The van der Waals surface area contributed by atoms with Crippen molar-refractivity contribution in [1.82, 2.24) is 0 Å². The summed E-state index contributed by atoms with van der Waals surface area (Å²) in [6.45, 7) is 0. The van der Waals surface area contributed by atoms with Crippen LogP contribution < -0.4 is 10.4 Å². The monoisotopic (exact) mass is 390 g/mol. The zero-order valence-electron chi connectivity index (χ0n) is 12.7. The van der Waals surface area contributed by atoms with Gasteiger partial charge in [0.05, 0.1) is 11.8 Å². The van der Waals surface area contributed by atoms with Crippen LogP contribution in [0.3, 0.4) is 0 Å². The maximum Gasteiger partial charge on any atom is 0.471 e. The molecule has 0 aliphatic carbocycles. The second kappa shape index (κ2) is 6.55. The molecule has 0 spiro atoms. The van der Waals surface area contributed by atoms with Crippen LogP contribution in [0.5, 0.6) is 0 Å². The molecule has 0 radical (unpaired) electrons. The Morgan fingerprint density at radius 1 is 1.00 bits per heavy atom. The summed E-state index contributed by atoms with van der Waals surface area (Å²) in [7, 11) is -1.57. The second-order valence-electron chi connectivity index (χ2n) is 5.35. The molecule has 1 aliphatic rings. The van der Waals surface area contributed by atoms with Gasteiger partial charge in [-0.25, -0.2) is 0 Å². The Bertz CT molecular complexity index is 855. The van der Waals surface area contributed by atoms with Crippen LogP contribution >= 0.6 is 11.8 Å². The van der Waals surface area contributed by atoms with Crippen molar-refractivity contribution in [1.29, 1.82) is 0 Å². The van der Waals surface area contributed by atoms with Gasteiger partial charge in [-0.05, 0) is 47.1 Å². The molecule has 136 valence electrons. The van der Waals surface area contributed by atoms with Crippen molar-refractivity contribution < 1.29 is 31.4 Å². The van der Waals surface area contributed by atoms with Crippen molar-refractivity contribution >= 4 is 36.2 Å². The van der Waals surface area contributed by atoms with E-state index in [1.807, 2.05) is 0 Å². The summed E-state index contributed by atoms with van der Waals surface area (Å²) in [5, 5.41) is 14.3. The van der Waals surface area contributed by atoms with E-state index in [2.05, 4.69) is 5.10 Å². The molecule has 26 heavy (non-hydrogen) atoms. The number of halogens is 6. The summed E-state index contributed by atoms with van der Waals surface area (Å²) >= 11 is -0.337. The maximum absolute atomic E-state index is 12.9. The van der Waals surface area contributed by atoms with Gasteiger partial charge in [0.2, 0.25) is 0 Å². The largest absolute Gasteiger partial charge is 0.471 e. The first-order valence-corrected chi connectivity index (χ1v) is 7.94. The van der Waals surface area contributed by atoms with Gasteiger partial charge in [-0.15, -0.1) is 0 Å². The summed E-state index contributed by atoms with van der Waals surface area (Å²) in [4.78, 5) is 0.829. The molecule has 0 aromatic heterocycles. The van der Waals surface area contributed by atoms with E-state index < -0.39 is 24.3 Å². The normalized spacial score (nSPS) is 14.6. The van der Waals surface area contributed by atoms with Crippen molar-refractivity contribution in [2.45, 2.75) is 16.6 Å². The minimum Gasteiger partial charge on any atom is -0.427 e. The highest BCUT2D eigenvalue weighted by atomic mass is 32.2. The van der Waals surface area contributed by atoms with Crippen molar-refractivity contribution in [3.05, 3.63) is 53.6 Å². The molecule has 0 atom stereocenters. The van der Waals surface area contributed by atoms with Crippen LogP contribution in [-0.4, -0.2) is 23.8 Å². The van der Waals surface area contributed by atoms with Gasteiger partial charge in [0.25, 0.3) is 0 Å². The number of hydrogen-bond acceptors (Lipinski definition) is 4. The number of benzene rings is 2. The van der Waals surface area contributed by atoms with E-state index in [0.717, 1.165) is 23.1 Å². The van der Waals surface area contributed by atoms with Gasteiger partial charge in [0, 0.05) is 10.6 Å². The Labute approximate surface area is 148 Å². The summed E-state index contributed by atoms with van der Waals surface area (Å²) in [6.07, 6.45) is -3.34. The van der Waals surface area contributed by atoms with E-state index in [1.54, 1.807) is 0 Å². The van der Waals surface area contributed by atoms with E-state index in [1.165, 1.54) is 30.5 Å². The van der Waals surface area contributed by atoms with Gasteiger partial charge in [-0.2, -0.15) is 31.4 Å². The maximum atomic E-state index is 12.9. The number of anilines is 1. The molecule has 0 amide bonds. The smallest absolute Gasteiger partial charge is 0.427 e. The highest BCUT2D eigenvalue weighted by Crippen LogP contribution is 2.38. The fourth-order valence-corrected chi connectivity index (χ4v) is 3.04. The Morgan fingerprint density at radius 3 is 2.38 bits per heavy atom. The Hall–Kier alpha value is -2.14. The minimum atomic E-state index is -4.59. The molecule has 0 bridgehead atoms. The van der Waals surface area contributed by atoms with Crippen LogP contribution in [0.4, 0.5) is 32.0 Å². The van der Waals surface area contributed by atoms with Crippen LogP contribution in [0.25, 0.3) is 0 Å². The molecule has 2 aromatic carbocycles. The first-order valence-electron chi connectivity index (χ1n) is 7.13. The quantitative estimate of drug-likeness (QED) is 0.481. The van der Waals surface area contributed by atoms with E-state index in [9.17, 15) is 31.4 Å². The van der Waals surface area contributed by atoms with E-state index in [4.69, 9.17) is 0 Å². The fraction of sp³-hybridized carbons (Fsp3) is 0.133. The Kier molecular flexibility index (Phi) is 4.70. The first-order chi connectivity index (χ1) is 12.0. The Morgan fingerprint density at radius 2 is 1.73 bits per heavy atom. The van der Waals surface area contributed by atoms with Crippen LogP contribution in [-0.2, 0) is 6.18 Å². The topological polar surface area (TPSA) is 35.8 Å². The number of hydrazone groups is 1. The molecular formula is C15H9BF6N2OS. The lowest BCUT2D eigenvalue weighted by Gasteiger charge is -2.27. The van der Waals surface area contributed by atoms with Crippen molar-refractivity contribution in [3.8, 4) is 0 Å². The molecule has 3 nitrogen and oxygen atoms in total. The van der Waals surface area contributed by atoms with Crippen molar-refractivity contribution in [2.75, 3.05) is 4.92 Å². The highest BCUT2D eigenvalue weighted by molar-refractivity contribution is 8.00. The SMILES string of the molecule is OB1c2cc(C(F)(F)F)ccc2C=NN1c1cccc(SC(F)(F)F)c1. The highest BCUT2D eigenvalue weighted by Gasteiger charge is 2.36. The van der Waals surface area contributed by atoms with Gasteiger partial charge in [-0.3, -0.25) is 4.92 Å². The zero-order chi connectivity index (χ0) is 19.1. The lowest BCUT2D eigenvalue weighted by Crippen LogP contribution is -2.50. The molecule has 0 saturated carbocycles. The van der Waals surface area contributed by atoms with E-state index in [0.29, 0.717) is 5.56 Å². The predicted molar refractivity (Wildman–Crippen MR) is 87.5 cm³/mol. The zero-order valence-corrected chi connectivity index (χ0v) is 13.5. The summed E-state index contributed by atoms with van der Waals surface area (Å²) in [5.74, 6) is 0. The third kappa shape index (κ3) is 3.99. The second-order valence-corrected chi connectivity index (χ2v) is 6.49. The third-order valence-corrected chi connectivity index (χ3v) is 4.28. The summed E-state index contributed by atoms with van der Waals surface area (Å²) in [6, 6.07) is 7.97. The number of fused-ring (bicyclic) bond motifs is 1.